The number of carboxylic acids is 1. The minimum absolute atomic E-state index is 0.0316. The highest BCUT2D eigenvalue weighted by molar-refractivity contribution is 5.88. The first-order chi connectivity index (χ1) is 8.16. The summed E-state index contributed by atoms with van der Waals surface area (Å²) in [5, 5.41) is 13.1. The number of ether oxygens (including phenoxy) is 1. The molecule has 0 aromatic carbocycles. The van der Waals surface area contributed by atoms with E-state index in [1.807, 2.05) is 11.9 Å². The predicted molar refractivity (Wildman–Crippen MR) is 58.7 cm³/mol. The van der Waals surface area contributed by atoms with Crippen molar-refractivity contribution in [1.29, 1.82) is 0 Å². The summed E-state index contributed by atoms with van der Waals surface area (Å²) in [4.78, 5) is 17.0. The average molecular weight is 234 g/mol. The lowest BCUT2D eigenvalue weighted by atomic mass is 10.4. The Hall–Kier alpha value is -2.31. The zero-order chi connectivity index (χ0) is 12.0. The number of rotatable bonds is 1. The van der Waals surface area contributed by atoms with Gasteiger partial charge in [-0.25, -0.2) is 14.3 Å². The molecule has 1 N–H and O–H groups in total. The Morgan fingerprint density at radius 1 is 1.59 bits per heavy atom. The first-order valence-corrected chi connectivity index (χ1v) is 5.12. The van der Waals surface area contributed by atoms with Gasteiger partial charge in [0.05, 0.1) is 18.9 Å². The van der Waals surface area contributed by atoms with Gasteiger partial charge in [-0.2, -0.15) is 5.10 Å². The second kappa shape index (κ2) is 3.34. The summed E-state index contributed by atoms with van der Waals surface area (Å²) in [6.07, 6.45) is 2.96. The lowest BCUT2D eigenvalue weighted by Gasteiger charge is -2.15. The van der Waals surface area contributed by atoms with Gasteiger partial charge in [-0.15, -0.1) is 0 Å². The molecule has 0 saturated heterocycles. The fourth-order valence-corrected chi connectivity index (χ4v) is 1.84. The average Bonchev–Trinajstić information content (AvgIpc) is 2.63. The van der Waals surface area contributed by atoms with E-state index in [1.54, 1.807) is 6.20 Å². The number of anilines is 1. The molecule has 17 heavy (non-hydrogen) atoms. The molecule has 0 spiro atoms. The summed E-state index contributed by atoms with van der Waals surface area (Å²) < 4.78 is 7.01. The molecule has 0 amide bonds. The van der Waals surface area contributed by atoms with Gasteiger partial charge in [-0.1, -0.05) is 0 Å². The molecule has 88 valence electrons. The van der Waals surface area contributed by atoms with Crippen molar-refractivity contribution in [1.82, 2.24) is 14.6 Å². The Balaban J connectivity index is 2.34. The third-order valence-corrected chi connectivity index (χ3v) is 2.71. The molecule has 3 heterocycles. The molecule has 1 aliphatic heterocycles. The monoisotopic (exact) mass is 234 g/mol. The lowest BCUT2D eigenvalue weighted by molar-refractivity contribution is 0.0690. The summed E-state index contributed by atoms with van der Waals surface area (Å²) in [5.41, 5.74) is 0.672. The Labute approximate surface area is 96.2 Å². The van der Waals surface area contributed by atoms with Crippen molar-refractivity contribution in [3.8, 4) is 5.75 Å². The van der Waals surface area contributed by atoms with Crippen molar-refractivity contribution in [2.75, 3.05) is 25.1 Å². The van der Waals surface area contributed by atoms with Gasteiger partial charge in [0.25, 0.3) is 0 Å². The molecule has 7 nitrogen and oxygen atoms in total. The normalized spacial score (nSPS) is 14.5. The van der Waals surface area contributed by atoms with Crippen molar-refractivity contribution >= 4 is 17.3 Å². The van der Waals surface area contributed by atoms with Crippen LogP contribution in [0, 0.1) is 0 Å². The van der Waals surface area contributed by atoms with Crippen LogP contribution < -0.4 is 9.64 Å². The van der Waals surface area contributed by atoms with E-state index in [2.05, 4.69) is 10.1 Å². The van der Waals surface area contributed by atoms with E-state index in [0.717, 1.165) is 0 Å². The van der Waals surface area contributed by atoms with Gasteiger partial charge in [0.2, 0.25) is 0 Å². The van der Waals surface area contributed by atoms with Crippen LogP contribution in [0.5, 0.6) is 5.75 Å². The standard InChI is InChI=1S/C10H10N4O3/c1-13-2-3-17-7-4-11-14-5-6(10(15)16)12-9(13)8(7)14/h4-5H,2-3H2,1H3,(H,15,16). The molecule has 0 bridgehead atoms. The van der Waals surface area contributed by atoms with Gasteiger partial charge in [-0.3, -0.25) is 0 Å². The van der Waals surface area contributed by atoms with Gasteiger partial charge in [0, 0.05) is 7.05 Å². The van der Waals surface area contributed by atoms with E-state index >= 15 is 0 Å². The molecule has 3 rings (SSSR count). The largest absolute Gasteiger partial charge is 0.488 e. The number of aromatic carboxylic acids is 1. The van der Waals surface area contributed by atoms with Crippen LogP contribution in [0.3, 0.4) is 0 Å². The molecular formula is C10H10N4O3. The topological polar surface area (TPSA) is 80.0 Å². The van der Waals surface area contributed by atoms with Crippen LogP contribution in [0.2, 0.25) is 0 Å². The van der Waals surface area contributed by atoms with Gasteiger partial charge in [0.1, 0.15) is 6.61 Å². The summed E-state index contributed by atoms with van der Waals surface area (Å²) in [6, 6.07) is 0. The maximum absolute atomic E-state index is 11.0. The molecule has 1 aliphatic rings. The zero-order valence-corrected chi connectivity index (χ0v) is 9.12. The van der Waals surface area contributed by atoms with Crippen LogP contribution in [-0.4, -0.2) is 45.9 Å². The SMILES string of the molecule is CN1CCOc2cnn3cc(C(=O)O)nc1c23. The lowest BCUT2D eigenvalue weighted by Crippen LogP contribution is -2.24. The maximum atomic E-state index is 11.0. The Bertz CT molecular complexity index is 607. The second-order valence-corrected chi connectivity index (χ2v) is 3.83. The Morgan fingerprint density at radius 3 is 3.18 bits per heavy atom. The fourth-order valence-electron chi connectivity index (χ4n) is 1.84. The first-order valence-electron chi connectivity index (χ1n) is 5.12. The van der Waals surface area contributed by atoms with Gasteiger partial charge in [0.15, 0.2) is 22.8 Å². The van der Waals surface area contributed by atoms with E-state index in [-0.39, 0.29) is 5.69 Å². The molecule has 0 saturated carbocycles. The van der Waals surface area contributed by atoms with Crippen LogP contribution in [0.1, 0.15) is 10.5 Å². The first kappa shape index (κ1) is 9.88. The highest BCUT2D eigenvalue weighted by Gasteiger charge is 2.21. The molecule has 7 heteroatoms. The van der Waals surface area contributed by atoms with Crippen LogP contribution >= 0.6 is 0 Å². The minimum Gasteiger partial charge on any atom is -0.488 e. The number of aromatic nitrogens is 3. The highest BCUT2D eigenvalue weighted by Crippen LogP contribution is 2.30. The van der Waals surface area contributed by atoms with Crippen LogP contribution in [-0.2, 0) is 0 Å². The number of hydrogen-bond acceptors (Lipinski definition) is 5. The molecule has 0 radical (unpaired) electrons. The van der Waals surface area contributed by atoms with Gasteiger partial charge >= 0.3 is 5.97 Å². The quantitative estimate of drug-likeness (QED) is 0.762. The molecule has 0 fully saturated rings. The summed E-state index contributed by atoms with van der Waals surface area (Å²) >= 11 is 0. The molecule has 0 atom stereocenters. The Morgan fingerprint density at radius 2 is 2.41 bits per heavy atom. The van der Waals surface area contributed by atoms with Crippen molar-refractivity contribution in [2.45, 2.75) is 0 Å². The minimum atomic E-state index is -1.07. The fraction of sp³-hybridized carbons (Fsp3) is 0.300. The van der Waals surface area contributed by atoms with E-state index in [0.29, 0.717) is 30.2 Å². The third-order valence-electron chi connectivity index (χ3n) is 2.71. The molecular weight excluding hydrogens is 224 g/mol. The van der Waals surface area contributed by atoms with Crippen molar-refractivity contribution < 1.29 is 14.6 Å². The summed E-state index contributed by atoms with van der Waals surface area (Å²) in [7, 11) is 1.85. The van der Waals surface area contributed by atoms with Crippen molar-refractivity contribution in [3.63, 3.8) is 0 Å². The maximum Gasteiger partial charge on any atom is 0.356 e. The highest BCUT2D eigenvalue weighted by atomic mass is 16.5. The van der Waals surface area contributed by atoms with E-state index in [9.17, 15) is 4.79 Å². The van der Waals surface area contributed by atoms with E-state index in [4.69, 9.17) is 9.84 Å². The summed E-state index contributed by atoms with van der Waals surface area (Å²) in [5.74, 6) is 0.141. The second-order valence-electron chi connectivity index (χ2n) is 3.83. The smallest absolute Gasteiger partial charge is 0.356 e. The van der Waals surface area contributed by atoms with Crippen molar-refractivity contribution in [3.05, 3.63) is 18.1 Å². The van der Waals surface area contributed by atoms with Crippen LogP contribution in [0.25, 0.3) is 5.52 Å². The number of carboxylic acid groups (broad SMARTS) is 1. The molecule has 0 aliphatic carbocycles. The number of carbonyl (C=O) groups is 1. The van der Waals surface area contributed by atoms with E-state index < -0.39 is 5.97 Å². The van der Waals surface area contributed by atoms with Crippen molar-refractivity contribution in [2.24, 2.45) is 0 Å². The van der Waals surface area contributed by atoms with Gasteiger partial charge < -0.3 is 14.7 Å². The Kier molecular flexibility index (Phi) is 1.94. The third kappa shape index (κ3) is 1.39. The molecule has 2 aromatic heterocycles. The van der Waals surface area contributed by atoms with Crippen LogP contribution in [0.15, 0.2) is 12.4 Å². The summed E-state index contributed by atoms with van der Waals surface area (Å²) in [6.45, 7) is 1.18. The van der Waals surface area contributed by atoms with Crippen LogP contribution in [0.4, 0.5) is 5.82 Å². The number of nitrogens with zero attached hydrogens (tertiary/aromatic N) is 4. The van der Waals surface area contributed by atoms with E-state index in [1.165, 1.54) is 10.7 Å². The molecule has 0 unspecified atom stereocenters. The molecule has 2 aromatic rings. The number of hydrogen-bond donors (Lipinski definition) is 1. The predicted octanol–water partition coefficient (Wildman–Crippen LogP) is 0.256. The number of likely N-dealkylation sites (N-methyl/N-ethyl adjacent to an activating group) is 1. The zero-order valence-electron chi connectivity index (χ0n) is 9.12. The van der Waals surface area contributed by atoms with Gasteiger partial charge in [-0.05, 0) is 0 Å².